The van der Waals surface area contributed by atoms with Crippen LogP contribution in [0.15, 0.2) is 101 Å². The van der Waals surface area contributed by atoms with Crippen molar-refractivity contribution in [1.29, 1.82) is 0 Å². The quantitative estimate of drug-likeness (QED) is 0.367. The van der Waals surface area contributed by atoms with Crippen LogP contribution < -0.4 is 10.3 Å². The van der Waals surface area contributed by atoms with Crippen molar-refractivity contribution in [1.82, 2.24) is 0 Å². The van der Waals surface area contributed by atoms with E-state index in [-0.39, 0.29) is 0 Å². The second-order valence-corrected chi connectivity index (χ2v) is 8.17. The summed E-state index contributed by atoms with van der Waals surface area (Å²) in [5.41, 5.74) is 4.66. The van der Waals surface area contributed by atoms with Crippen molar-refractivity contribution in [2.24, 2.45) is 5.10 Å². The molecule has 0 spiro atoms. The molecule has 0 radical (unpaired) electrons. The van der Waals surface area contributed by atoms with Gasteiger partial charge < -0.3 is 5.32 Å². The third-order valence-electron chi connectivity index (χ3n) is 4.82. The number of thiophene rings is 1. The average molecular weight is 400 g/mol. The third kappa shape index (κ3) is 5.46. The molecule has 1 N–H and O–H groups in total. The molecule has 1 aliphatic carbocycles. The van der Waals surface area contributed by atoms with Gasteiger partial charge in [-0.15, -0.1) is 11.3 Å². The summed E-state index contributed by atoms with van der Waals surface area (Å²) < 4.78 is 0. The summed E-state index contributed by atoms with van der Waals surface area (Å²) >= 11 is 1.76. The van der Waals surface area contributed by atoms with Crippen LogP contribution in [0.2, 0.25) is 0 Å². The number of hydrogen-bond donors (Lipinski definition) is 1. The monoisotopic (exact) mass is 399 g/mol. The van der Waals surface area contributed by atoms with Gasteiger partial charge in [-0.3, -0.25) is 5.01 Å². The zero-order valence-electron chi connectivity index (χ0n) is 16.5. The van der Waals surface area contributed by atoms with E-state index in [0.717, 1.165) is 29.9 Å². The highest BCUT2D eigenvalue weighted by molar-refractivity contribution is 7.09. The lowest BCUT2D eigenvalue weighted by Crippen LogP contribution is -2.18. The fraction of sp³-hybridized carbons (Fsp3) is 0.160. The molecule has 0 bridgehead atoms. The first-order chi connectivity index (χ1) is 14.3. The minimum atomic E-state index is 0.311. The van der Waals surface area contributed by atoms with Crippen molar-refractivity contribution in [3.8, 4) is 0 Å². The molecule has 1 aromatic heterocycles. The number of allylic oxidation sites excluding steroid dienone is 2. The maximum absolute atomic E-state index is 4.79. The van der Waals surface area contributed by atoms with E-state index in [1.807, 2.05) is 24.4 Å². The summed E-state index contributed by atoms with van der Waals surface area (Å²) in [6.45, 7) is 2.88. The highest BCUT2D eigenvalue weighted by atomic mass is 32.1. The van der Waals surface area contributed by atoms with Crippen LogP contribution in [0, 0.1) is 6.92 Å². The van der Waals surface area contributed by atoms with Gasteiger partial charge in [-0.1, -0.05) is 60.2 Å². The summed E-state index contributed by atoms with van der Waals surface area (Å²) in [6, 6.07) is 23.4. The van der Waals surface area contributed by atoms with Gasteiger partial charge in [-0.25, -0.2) is 0 Å². The Morgan fingerprint density at radius 2 is 1.90 bits per heavy atom. The standard InChI is InChI=1S/C25H25N3S/c1-20-9-13-22(14-10-20)27-23-15-11-21(12-16-23)18-26-28(19-25-8-5-17-29-25)24-6-3-2-4-7-24/h2-15,17-18,23,27H,16,19H2,1H3/b26-18+. The fourth-order valence-electron chi connectivity index (χ4n) is 3.19. The van der Waals surface area contributed by atoms with Crippen molar-refractivity contribution in [3.63, 3.8) is 0 Å². The average Bonchev–Trinajstić information content (AvgIpc) is 3.28. The van der Waals surface area contributed by atoms with E-state index in [0.29, 0.717) is 6.04 Å². The van der Waals surface area contributed by atoms with Gasteiger partial charge in [0.2, 0.25) is 0 Å². The van der Waals surface area contributed by atoms with Gasteiger partial charge in [0, 0.05) is 16.6 Å². The van der Waals surface area contributed by atoms with Crippen LogP contribution in [-0.2, 0) is 6.54 Å². The Bertz CT molecular complexity index is 986. The van der Waals surface area contributed by atoms with Gasteiger partial charge in [-0.2, -0.15) is 5.10 Å². The number of aryl methyl sites for hydroxylation is 1. The molecule has 3 aromatic rings. The van der Waals surface area contributed by atoms with Crippen LogP contribution in [0.4, 0.5) is 11.4 Å². The van der Waals surface area contributed by atoms with Gasteiger partial charge in [-0.05, 0) is 54.6 Å². The first kappa shape index (κ1) is 19.2. The first-order valence-electron chi connectivity index (χ1n) is 9.87. The van der Waals surface area contributed by atoms with Crippen LogP contribution in [0.25, 0.3) is 0 Å². The lowest BCUT2D eigenvalue weighted by molar-refractivity contribution is 0.866. The predicted molar refractivity (Wildman–Crippen MR) is 126 cm³/mol. The summed E-state index contributed by atoms with van der Waals surface area (Å²) in [6.07, 6.45) is 9.51. The van der Waals surface area contributed by atoms with E-state index >= 15 is 0 Å². The van der Waals surface area contributed by atoms with Crippen LogP contribution in [0.1, 0.15) is 16.9 Å². The summed E-state index contributed by atoms with van der Waals surface area (Å²) in [4.78, 5) is 1.29. The van der Waals surface area contributed by atoms with Crippen LogP contribution in [-0.4, -0.2) is 12.3 Å². The topological polar surface area (TPSA) is 27.6 Å². The lowest BCUT2D eigenvalue weighted by Gasteiger charge is -2.20. The van der Waals surface area contributed by atoms with E-state index in [1.54, 1.807) is 11.3 Å². The second-order valence-electron chi connectivity index (χ2n) is 7.13. The Balaban J connectivity index is 1.40. The number of hydrogen-bond acceptors (Lipinski definition) is 4. The normalized spacial score (nSPS) is 16.0. The lowest BCUT2D eigenvalue weighted by atomic mass is 10.0. The van der Waals surface area contributed by atoms with E-state index in [9.17, 15) is 0 Å². The smallest absolute Gasteiger partial charge is 0.0759 e. The van der Waals surface area contributed by atoms with Gasteiger partial charge in [0.1, 0.15) is 0 Å². The Morgan fingerprint density at radius 1 is 1.07 bits per heavy atom. The Kier molecular flexibility index (Phi) is 6.22. The van der Waals surface area contributed by atoms with Gasteiger partial charge in [0.05, 0.1) is 18.4 Å². The molecule has 0 saturated heterocycles. The molecule has 1 heterocycles. The Morgan fingerprint density at radius 3 is 2.59 bits per heavy atom. The van der Waals surface area contributed by atoms with Crippen molar-refractivity contribution in [2.75, 3.05) is 10.3 Å². The summed E-state index contributed by atoms with van der Waals surface area (Å²) in [7, 11) is 0. The fourth-order valence-corrected chi connectivity index (χ4v) is 3.87. The van der Waals surface area contributed by atoms with Crippen LogP contribution >= 0.6 is 11.3 Å². The SMILES string of the molecule is Cc1ccc(NC2C=CC(/C=N/N(Cc3cccs3)c3ccccc3)=CC2)cc1. The van der Waals surface area contributed by atoms with Crippen LogP contribution in [0.3, 0.4) is 0 Å². The molecule has 29 heavy (non-hydrogen) atoms. The van der Waals surface area contributed by atoms with Crippen molar-refractivity contribution >= 4 is 28.9 Å². The molecule has 0 amide bonds. The zero-order valence-corrected chi connectivity index (χ0v) is 17.3. The minimum Gasteiger partial charge on any atom is -0.379 e. The third-order valence-corrected chi connectivity index (χ3v) is 5.68. The van der Waals surface area contributed by atoms with Gasteiger partial charge >= 0.3 is 0 Å². The predicted octanol–water partition coefficient (Wildman–Crippen LogP) is 6.42. The van der Waals surface area contributed by atoms with Gasteiger partial charge in [0.25, 0.3) is 0 Å². The number of benzene rings is 2. The molecule has 146 valence electrons. The number of anilines is 2. The number of hydrazone groups is 1. The summed E-state index contributed by atoms with van der Waals surface area (Å²) in [5.74, 6) is 0. The van der Waals surface area contributed by atoms with E-state index < -0.39 is 0 Å². The molecular formula is C25H25N3S. The number of para-hydroxylation sites is 1. The van der Waals surface area contributed by atoms with Gasteiger partial charge in [0.15, 0.2) is 0 Å². The van der Waals surface area contributed by atoms with Crippen molar-refractivity contribution < 1.29 is 0 Å². The number of nitrogens with one attached hydrogen (secondary N) is 1. The number of rotatable bonds is 7. The largest absolute Gasteiger partial charge is 0.379 e. The molecule has 2 aromatic carbocycles. The summed E-state index contributed by atoms with van der Waals surface area (Å²) in [5, 5.41) is 12.5. The zero-order chi connectivity index (χ0) is 19.9. The molecule has 4 rings (SSSR count). The maximum Gasteiger partial charge on any atom is 0.0759 e. The Hall–Kier alpha value is -3.11. The highest BCUT2D eigenvalue weighted by Gasteiger charge is 2.09. The molecular weight excluding hydrogens is 374 g/mol. The highest BCUT2D eigenvalue weighted by Crippen LogP contribution is 2.21. The second kappa shape index (κ2) is 9.39. The molecule has 0 saturated carbocycles. The number of nitrogens with zero attached hydrogens (tertiary/aromatic N) is 2. The van der Waals surface area contributed by atoms with Crippen LogP contribution in [0.5, 0.6) is 0 Å². The molecule has 0 aliphatic heterocycles. The van der Waals surface area contributed by atoms with Crippen molar-refractivity contribution in [3.05, 3.63) is 106 Å². The molecule has 1 aliphatic rings. The van der Waals surface area contributed by atoms with E-state index in [1.165, 1.54) is 10.4 Å². The maximum atomic E-state index is 4.79. The minimum absolute atomic E-state index is 0.311. The molecule has 4 heteroatoms. The van der Waals surface area contributed by atoms with Crippen molar-refractivity contribution in [2.45, 2.75) is 25.9 Å². The van der Waals surface area contributed by atoms with E-state index in [4.69, 9.17) is 5.10 Å². The Labute approximate surface area is 176 Å². The molecule has 1 unspecified atom stereocenters. The molecule has 0 fully saturated rings. The molecule has 3 nitrogen and oxygen atoms in total. The first-order valence-corrected chi connectivity index (χ1v) is 10.7. The molecule has 1 atom stereocenters. The van der Waals surface area contributed by atoms with E-state index in [2.05, 4.69) is 89.4 Å².